The number of ether oxygens (including phenoxy) is 1. The van der Waals surface area contributed by atoms with E-state index in [1.165, 1.54) is 0 Å². The second-order valence-corrected chi connectivity index (χ2v) is 12.2. The number of carbonyl (C=O) groups is 3. The van der Waals surface area contributed by atoms with Crippen molar-refractivity contribution in [3.63, 3.8) is 0 Å². The predicted octanol–water partition coefficient (Wildman–Crippen LogP) is 3.38. The first-order valence-corrected chi connectivity index (χ1v) is 14.5. The lowest BCUT2D eigenvalue weighted by Crippen LogP contribution is -2.55. The molecule has 3 rings (SSSR count). The number of aliphatic hydroxyl groups is 1. The van der Waals surface area contributed by atoms with Gasteiger partial charge in [-0.3, -0.25) is 14.4 Å². The molecule has 7 nitrogen and oxygen atoms in total. The van der Waals surface area contributed by atoms with E-state index in [0.29, 0.717) is 26.1 Å². The number of alkyl halides is 1. The minimum absolute atomic E-state index is 0.0306. The molecule has 0 saturated carbocycles. The van der Waals surface area contributed by atoms with Crippen molar-refractivity contribution in [1.29, 1.82) is 0 Å². The number of likely N-dealkylation sites (tertiary alicyclic amines) is 1. The molecule has 34 heavy (non-hydrogen) atoms. The number of fused-ring (bicyclic) bond motifs is 1. The number of aliphatic hydroxyl groups excluding tert-OH is 1. The van der Waals surface area contributed by atoms with Crippen molar-refractivity contribution in [2.24, 2.45) is 11.8 Å². The molecule has 3 heterocycles. The van der Waals surface area contributed by atoms with Gasteiger partial charge in [0.25, 0.3) is 0 Å². The zero-order valence-corrected chi connectivity index (χ0v) is 22.8. The third-order valence-corrected chi connectivity index (χ3v) is 10.6. The van der Waals surface area contributed by atoms with Crippen molar-refractivity contribution in [2.75, 3.05) is 32.8 Å². The largest absolute Gasteiger partial charge is 0.466 e. The summed E-state index contributed by atoms with van der Waals surface area (Å²) < 4.78 is 4.78. The third kappa shape index (κ3) is 5.07. The Labute approximate surface area is 216 Å². The van der Waals surface area contributed by atoms with E-state index in [0.717, 1.165) is 38.5 Å². The quantitative estimate of drug-likeness (QED) is 0.152. The molecule has 1 N–H and O–H groups in total. The van der Waals surface area contributed by atoms with Crippen molar-refractivity contribution in [3.05, 3.63) is 12.7 Å². The molecular formula is C25H39BrN2O5S. The first kappa shape index (κ1) is 27.5. The lowest BCUT2D eigenvalue weighted by molar-refractivity contribution is -0.153. The summed E-state index contributed by atoms with van der Waals surface area (Å²) in [7, 11) is 0. The van der Waals surface area contributed by atoms with Gasteiger partial charge in [0, 0.05) is 36.3 Å². The molecule has 2 amide bonds. The molecule has 0 radical (unpaired) electrons. The smallest absolute Gasteiger partial charge is 0.310 e. The Morgan fingerprint density at radius 1 is 1.29 bits per heavy atom. The van der Waals surface area contributed by atoms with Crippen LogP contribution < -0.4 is 0 Å². The van der Waals surface area contributed by atoms with Crippen LogP contribution in [-0.4, -0.2) is 86.4 Å². The van der Waals surface area contributed by atoms with Crippen molar-refractivity contribution < 1.29 is 24.2 Å². The second-order valence-electron chi connectivity index (χ2n) is 9.51. The summed E-state index contributed by atoms with van der Waals surface area (Å²) >= 11 is 5.42. The number of unbranched alkanes of at least 4 members (excludes halogenated alkanes) is 4. The van der Waals surface area contributed by atoms with Gasteiger partial charge in [-0.25, -0.2) is 0 Å². The summed E-state index contributed by atoms with van der Waals surface area (Å²) in [4.78, 5) is 44.6. The zero-order valence-electron chi connectivity index (χ0n) is 20.4. The van der Waals surface area contributed by atoms with E-state index < -0.39 is 22.6 Å². The van der Waals surface area contributed by atoms with Crippen LogP contribution in [0.25, 0.3) is 0 Å². The van der Waals surface area contributed by atoms with Gasteiger partial charge in [0.1, 0.15) is 6.04 Å². The highest BCUT2D eigenvalue weighted by atomic mass is 79.9. The average molecular weight is 560 g/mol. The van der Waals surface area contributed by atoms with E-state index in [4.69, 9.17) is 9.84 Å². The molecule has 9 heteroatoms. The lowest BCUT2D eigenvalue weighted by atomic mass is 9.71. The summed E-state index contributed by atoms with van der Waals surface area (Å²) in [5.74, 6) is -1.50. The molecule has 0 aromatic heterocycles. The van der Waals surface area contributed by atoms with Gasteiger partial charge in [-0.2, -0.15) is 0 Å². The Bertz CT molecular complexity index is 768. The highest BCUT2D eigenvalue weighted by Gasteiger charge is 2.76. The van der Waals surface area contributed by atoms with E-state index in [1.54, 1.807) is 29.7 Å². The highest BCUT2D eigenvalue weighted by Crippen LogP contribution is 2.68. The Kier molecular flexibility index (Phi) is 9.93. The molecule has 3 aliphatic rings. The number of hydrogen-bond donors (Lipinski definition) is 1. The number of carbonyl (C=O) groups excluding carboxylic acids is 3. The summed E-state index contributed by atoms with van der Waals surface area (Å²) in [6.07, 6.45) is 7.56. The average Bonchev–Trinajstić information content (AvgIpc) is 3.40. The Morgan fingerprint density at radius 3 is 2.68 bits per heavy atom. The van der Waals surface area contributed by atoms with Gasteiger partial charge in [-0.1, -0.05) is 48.2 Å². The number of esters is 1. The maximum Gasteiger partial charge on any atom is 0.310 e. The maximum absolute atomic E-state index is 14.1. The fourth-order valence-corrected chi connectivity index (χ4v) is 9.47. The molecular weight excluding hydrogens is 520 g/mol. The summed E-state index contributed by atoms with van der Waals surface area (Å²) in [5, 5.41) is 9.00. The van der Waals surface area contributed by atoms with Gasteiger partial charge in [-0.05, 0) is 32.6 Å². The minimum Gasteiger partial charge on any atom is -0.466 e. The van der Waals surface area contributed by atoms with Gasteiger partial charge in [0.05, 0.1) is 23.2 Å². The first-order chi connectivity index (χ1) is 16.4. The van der Waals surface area contributed by atoms with Gasteiger partial charge in [0.15, 0.2) is 0 Å². The minimum atomic E-state index is -0.624. The van der Waals surface area contributed by atoms with Crippen LogP contribution in [0.1, 0.15) is 58.8 Å². The van der Waals surface area contributed by atoms with Crippen LogP contribution >= 0.6 is 27.7 Å². The topological polar surface area (TPSA) is 87.2 Å². The molecule has 192 valence electrons. The number of thioether (sulfide) groups is 1. The van der Waals surface area contributed by atoms with Crippen LogP contribution in [0.5, 0.6) is 0 Å². The monoisotopic (exact) mass is 558 g/mol. The highest BCUT2D eigenvalue weighted by molar-refractivity contribution is 9.09. The fraction of sp³-hybridized carbons (Fsp3) is 0.800. The van der Waals surface area contributed by atoms with Gasteiger partial charge in [-0.15, -0.1) is 18.3 Å². The second kappa shape index (κ2) is 12.3. The standard InChI is InChI=1S/C25H39BrN2O5S/c1-4-7-13-27(12-5-2)23(31)21-25-16-17(26)20(34-25)18(24(32)33-6-3)19(25)22(30)28(21)14-10-8-9-11-15-29/h5,17-21,29H,2,4,6-16H2,1,3H3/t17?,18-,19+,20-,21?,25?/m1/s1. The number of halogens is 1. The van der Waals surface area contributed by atoms with E-state index in [1.807, 2.05) is 4.90 Å². The number of amides is 2. The molecule has 0 aliphatic carbocycles. The van der Waals surface area contributed by atoms with Crippen molar-refractivity contribution >= 4 is 45.5 Å². The van der Waals surface area contributed by atoms with E-state index >= 15 is 0 Å². The fourth-order valence-electron chi connectivity index (χ4n) is 5.87. The number of hydrogen-bond acceptors (Lipinski definition) is 6. The number of rotatable bonds is 14. The van der Waals surface area contributed by atoms with Crippen LogP contribution in [0, 0.1) is 11.8 Å². The third-order valence-electron chi connectivity index (χ3n) is 7.33. The molecule has 3 saturated heterocycles. The molecule has 1 spiro atoms. The number of nitrogens with zero attached hydrogens (tertiary/aromatic N) is 2. The van der Waals surface area contributed by atoms with Crippen LogP contribution in [0.15, 0.2) is 12.7 Å². The maximum atomic E-state index is 14.1. The summed E-state index contributed by atoms with van der Waals surface area (Å²) in [5.41, 5.74) is 0. The van der Waals surface area contributed by atoms with Crippen molar-refractivity contribution in [3.8, 4) is 0 Å². The summed E-state index contributed by atoms with van der Waals surface area (Å²) in [6.45, 7) is 9.71. The van der Waals surface area contributed by atoms with Gasteiger partial charge >= 0.3 is 5.97 Å². The van der Waals surface area contributed by atoms with E-state index in [2.05, 4.69) is 29.4 Å². The van der Waals surface area contributed by atoms with Crippen LogP contribution in [0.3, 0.4) is 0 Å². The molecule has 0 aromatic rings. The normalized spacial score (nSPS) is 31.6. The molecule has 3 aliphatic heterocycles. The molecule has 0 aromatic carbocycles. The van der Waals surface area contributed by atoms with Crippen molar-refractivity contribution in [2.45, 2.75) is 79.7 Å². The molecule has 3 fully saturated rings. The zero-order chi connectivity index (χ0) is 24.9. The van der Waals surface area contributed by atoms with Crippen LogP contribution in [-0.2, 0) is 19.1 Å². The van der Waals surface area contributed by atoms with Gasteiger partial charge < -0.3 is 19.6 Å². The van der Waals surface area contributed by atoms with Crippen LogP contribution in [0.4, 0.5) is 0 Å². The lowest BCUT2D eigenvalue weighted by Gasteiger charge is -2.37. The predicted molar refractivity (Wildman–Crippen MR) is 138 cm³/mol. The van der Waals surface area contributed by atoms with Gasteiger partial charge in [0.2, 0.25) is 11.8 Å². The molecule has 6 atom stereocenters. The van der Waals surface area contributed by atoms with E-state index in [-0.39, 0.29) is 41.1 Å². The Morgan fingerprint density at radius 2 is 2.03 bits per heavy atom. The van der Waals surface area contributed by atoms with E-state index in [9.17, 15) is 14.4 Å². The SMILES string of the molecule is C=CCN(CCCC)C(=O)C1N(CCCCCCO)C(=O)[C@@H]2[C@@H](C(=O)OCC)[C@@H]3SC12CC3Br. The summed E-state index contributed by atoms with van der Waals surface area (Å²) in [6, 6.07) is -0.589. The Hall–Kier alpha value is -1.06. The van der Waals surface area contributed by atoms with Crippen molar-refractivity contribution in [1.82, 2.24) is 9.80 Å². The first-order valence-electron chi connectivity index (χ1n) is 12.7. The Balaban J connectivity index is 1.95. The molecule has 3 unspecified atom stereocenters. The molecule has 2 bridgehead atoms. The van der Waals surface area contributed by atoms with Crippen LogP contribution in [0.2, 0.25) is 0 Å².